The molecule has 58 valence electrons. The van der Waals surface area contributed by atoms with Gasteiger partial charge in [-0.1, -0.05) is 6.42 Å². The van der Waals surface area contributed by atoms with Crippen LogP contribution < -0.4 is 5.48 Å². The highest BCUT2D eigenvalue weighted by Gasteiger charge is 2.34. The van der Waals surface area contributed by atoms with Crippen molar-refractivity contribution in [1.29, 1.82) is 0 Å². The zero-order chi connectivity index (χ0) is 7.61. The van der Waals surface area contributed by atoms with Crippen LogP contribution in [-0.4, -0.2) is 16.5 Å². The minimum Gasteiger partial charge on any atom is -0.316 e. The molecule has 0 radical (unpaired) electrons. The number of rotatable bonds is 1. The summed E-state index contributed by atoms with van der Waals surface area (Å²) in [5.41, 5.74) is 1.43. The minimum absolute atomic E-state index is 0.126. The first kappa shape index (κ1) is 7.69. The van der Waals surface area contributed by atoms with Gasteiger partial charge in [-0.2, -0.15) is 5.48 Å². The maximum atomic E-state index is 11.1. The molecule has 1 aliphatic carbocycles. The molecule has 0 aromatic rings. The average Bonchev–Trinajstić information content (AvgIpc) is 1.96. The zero-order valence-electron chi connectivity index (χ0n) is 6.18. The summed E-state index contributed by atoms with van der Waals surface area (Å²) in [5.74, 6) is 0.126. The lowest BCUT2D eigenvalue weighted by Gasteiger charge is -2.29. The first-order valence-corrected chi connectivity index (χ1v) is 3.63. The summed E-state index contributed by atoms with van der Waals surface area (Å²) in [4.78, 5) is 11.1. The number of carbonyl (C=O) groups excluding carboxylic acids is 1. The van der Waals surface area contributed by atoms with Gasteiger partial charge in [-0.15, -0.1) is 0 Å². The van der Waals surface area contributed by atoms with Crippen LogP contribution in [0.5, 0.6) is 0 Å². The fourth-order valence-corrected chi connectivity index (χ4v) is 1.30. The fraction of sp³-hybridized carbons (Fsp3) is 0.857. The molecule has 1 unspecified atom stereocenters. The van der Waals surface area contributed by atoms with Crippen LogP contribution in [0.2, 0.25) is 0 Å². The monoisotopic (exact) mass is 143 g/mol. The highest BCUT2D eigenvalue weighted by molar-refractivity contribution is 5.88. The fourth-order valence-electron chi connectivity index (χ4n) is 1.30. The van der Waals surface area contributed by atoms with Crippen molar-refractivity contribution in [2.75, 3.05) is 0 Å². The van der Waals surface area contributed by atoms with E-state index in [0.717, 1.165) is 19.3 Å². The molecule has 10 heavy (non-hydrogen) atoms. The molecule has 0 saturated heterocycles. The Bertz CT molecular complexity index is 147. The standard InChI is InChI=1S/C7H13NO2/c1-7(8-10)5-3-2-4-6(7)9/h8,10H,2-5H2,1H3. The van der Waals surface area contributed by atoms with Crippen molar-refractivity contribution >= 4 is 5.78 Å². The Morgan fingerprint density at radius 3 is 2.70 bits per heavy atom. The van der Waals surface area contributed by atoms with Gasteiger partial charge in [0.25, 0.3) is 0 Å². The van der Waals surface area contributed by atoms with E-state index in [-0.39, 0.29) is 5.78 Å². The van der Waals surface area contributed by atoms with Gasteiger partial charge in [0.05, 0.1) is 5.54 Å². The molecule has 0 aromatic carbocycles. The molecular formula is C7H13NO2. The Balaban J connectivity index is 2.63. The van der Waals surface area contributed by atoms with Crippen molar-refractivity contribution in [3.05, 3.63) is 0 Å². The molecule has 0 spiro atoms. The van der Waals surface area contributed by atoms with E-state index < -0.39 is 5.54 Å². The smallest absolute Gasteiger partial charge is 0.154 e. The first-order chi connectivity index (χ1) is 4.69. The summed E-state index contributed by atoms with van der Waals surface area (Å²) in [6, 6.07) is 0. The van der Waals surface area contributed by atoms with E-state index in [1.165, 1.54) is 0 Å². The summed E-state index contributed by atoms with van der Waals surface area (Å²) in [6.45, 7) is 1.74. The Labute approximate surface area is 60.4 Å². The summed E-state index contributed by atoms with van der Waals surface area (Å²) in [6.07, 6.45) is 3.35. The summed E-state index contributed by atoms with van der Waals surface area (Å²) >= 11 is 0. The predicted octanol–water partition coefficient (Wildman–Crippen LogP) is 0.867. The molecule has 3 nitrogen and oxygen atoms in total. The van der Waals surface area contributed by atoms with Crippen LogP contribution in [0.1, 0.15) is 32.6 Å². The second-order valence-corrected chi connectivity index (χ2v) is 3.07. The van der Waals surface area contributed by atoms with Gasteiger partial charge in [0, 0.05) is 6.42 Å². The second-order valence-electron chi connectivity index (χ2n) is 3.07. The first-order valence-electron chi connectivity index (χ1n) is 3.63. The summed E-state index contributed by atoms with van der Waals surface area (Å²) in [7, 11) is 0. The van der Waals surface area contributed by atoms with Crippen LogP contribution in [0.4, 0.5) is 0 Å². The molecule has 2 N–H and O–H groups in total. The molecule has 0 aliphatic heterocycles. The van der Waals surface area contributed by atoms with Crippen LogP contribution in [0.25, 0.3) is 0 Å². The topological polar surface area (TPSA) is 49.3 Å². The number of hydrogen-bond acceptors (Lipinski definition) is 3. The number of hydrogen-bond donors (Lipinski definition) is 2. The SMILES string of the molecule is CC1(NO)CCCCC1=O. The summed E-state index contributed by atoms with van der Waals surface area (Å²) < 4.78 is 0. The molecule has 0 amide bonds. The van der Waals surface area contributed by atoms with Gasteiger partial charge in [0.15, 0.2) is 5.78 Å². The van der Waals surface area contributed by atoms with Crippen molar-refractivity contribution in [3.63, 3.8) is 0 Å². The molecule has 1 aliphatic rings. The molecule has 1 saturated carbocycles. The van der Waals surface area contributed by atoms with Gasteiger partial charge in [-0.05, 0) is 19.8 Å². The Hall–Kier alpha value is -0.410. The molecule has 0 heterocycles. The maximum Gasteiger partial charge on any atom is 0.154 e. The lowest BCUT2D eigenvalue weighted by Crippen LogP contribution is -2.49. The van der Waals surface area contributed by atoms with E-state index in [1.807, 2.05) is 0 Å². The second kappa shape index (κ2) is 2.68. The van der Waals surface area contributed by atoms with Crippen molar-refractivity contribution in [2.24, 2.45) is 0 Å². The molecule has 0 aromatic heterocycles. The van der Waals surface area contributed by atoms with Gasteiger partial charge in [0.2, 0.25) is 0 Å². The van der Waals surface area contributed by atoms with Crippen LogP contribution in [0, 0.1) is 0 Å². The maximum absolute atomic E-state index is 11.1. The van der Waals surface area contributed by atoms with Crippen molar-refractivity contribution in [1.82, 2.24) is 5.48 Å². The van der Waals surface area contributed by atoms with Gasteiger partial charge in [0.1, 0.15) is 0 Å². The Morgan fingerprint density at radius 1 is 1.60 bits per heavy atom. The van der Waals surface area contributed by atoms with Crippen LogP contribution in [0.3, 0.4) is 0 Å². The van der Waals surface area contributed by atoms with Crippen molar-refractivity contribution in [2.45, 2.75) is 38.1 Å². The molecule has 0 bridgehead atoms. The van der Waals surface area contributed by atoms with E-state index in [1.54, 1.807) is 6.92 Å². The number of hydroxylamine groups is 1. The van der Waals surface area contributed by atoms with Gasteiger partial charge >= 0.3 is 0 Å². The summed E-state index contributed by atoms with van der Waals surface area (Å²) in [5, 5.41) is 8.65. The van der Waals surface area contributed by atoms with E-state index in [0.29, 0.717) is 6.42 Å². The minimum atomic E-state index is -0.655. The Morgan fingerprint density at radius 2 is 2.30 bits per heavy atom. The molecular weight excluding hydrogens is 130 g/mol. The third-order valence-corrected chi connectivity index (χ3v) is 2.19. The van der Waals surface area contributed by atoms with Gasteiger partial charge in [-0.3, -0.25) is 4.79 Å². The highest BCUT2D eigenvalue weighted by atomic mass is 16.5. The number of Topliss-reactive ketones (excluding diaryl/α,β-unsaturated/α-hetero) is 1. The Kier molecular flexibility index (Phi) is 2.06. The van der Waals surface area contributed by atoms with E-state index in [4.69, 9.17) is 5.21 Å². The van der Waals surface area contributed by atoms with Crippen molar-refractivity contribution < 1.29 is 10.0 Å². The van der Waals surface area contributed by atoms with Crippen LogP contribution in [-0.2, 0) is 4.79 Å². The molecule has 1 fully saturated rings. The van der Waals surface area contributed by atoms with E-state index in [2.05, 4.69) is 5.48 Å². The van der Waals surface area contributed by atoms with Gasteiger partial charge < -0.3 is 5.21 Å². The quantitative estimate of drug-likeness (QED) is 0.535. The third kappa shape index (κ3) is 1.20. The third-order valence-electron chi connectivity index (χ3n) is 2.19. The number of ketones is 1. The number of carbonyl (C=O) groups is 1. The predicted molar refractivity (Wildman–Crippen MR) is 36.8 cm³/mol. The average molecular weight is 143 g/mol. The van der Waals surface area contributed by atoms with Crippen LogP contribution >= 0.6 is 0 Å². The zero-order valence-corrected chi connectivity index (χ0v) is 6.18. The largest absolute Gasteiger partial charge is 0.316 e. The van der Waals surface area contributed by atoms with Gasteiger partial charge in [-0.25, -0.2) is 0 Å². The number of nitrogens with one attached hydrogen (secondary N) is 1. The van der Waals surface area contributed by atoms with Crippen LogP contribution in [0.15, 0.2) is 0 Å². The van der Waals surface area contributed by atoms with Crippen molar-refractivity contribution in [3.8, 4) is 0 Å². The van der Waals surface area contributed by atoms with E-state index in [9.17, 15) is 4.79 Å². The normalized spacial score (nSPS) is 34.4. The molecule has 1 atom stereocenters. The molecule has 3 heteroatoms. The lowest BCUT2D eigenvalue weighted by atomic mass is 9.83. The molecule has 1 rings (SSSR count). The highest BCUT2D eigenvalue weighted by Crippen LogP contribution is 2.23. The lowest BCUT2D eigenvalue weighted by molar-refractivity contribution is -0.131. The van der Waals surface area contributed by atoms with E-state index >= 15 is 0 Å².